The Bertz CT molecular complexity index is 906. The zero-order valence-corrected chi connectivity index (χ0v) is 16.0. The van der Waals surface area contributed by atoms with Gasteiger partial charge in [0.25, 0.3) is 11.8 Å². The highest BCUT2D eigenvalue weighted by Crippen LogP contribution is 2.10. The van der Waals surface area contributed by atoms with Crippen LogP contribution in [0.15, 0.2) is 84.9 Å². The Balaban J connectivity index is 1.53. The van der Waals surface area contributed by atoms with Crippen molar-refractivity contribution in [2.45, 2.75) is 13.0 Å². The average molecular weight is 372 g/mol. The van der Waals surface area contributed by atoms with Gasteiger partial charge in [-0.1, -0.05) is 60.7 Å². The Morgan fingerprint density at radius 3 is 1.89 bits per heavy atom. The minimum Gasteiger partial charge on any atom is -0.352 e. The summed E-state index contributed by atoms with van der Waals surface area (Å²) >= 11 is 0. The van der Waals surface area contributed by atoms with Crippen LogP contribution in [-0.2, 0) is 13.0 Å². The van der Waals surface area contributed by atoms with Crippen molar-refractivity contribution in [1.82, 2.24) is 10.2 Å². The summed E-state index contributed by atoms with van der Waals surface area (Å²) in [5.41, 5.74) is 3.38. The standard InChI is InChI=1S/C24H24N2O2/c1-26(18-20-10-6-3-7-11-20)24(28)22-14-12-21(13-15-22)23(27)25-17-16-19-8-4-2-5-9-19/h2-15H,16-18H2,1H3,(H,25,27). The van der Waals surface area contributed by atoms with Gasteiger partial charge in [-0.05, 0) is 41.8 Å². The van der Waals surface area contributed by atoms with Gasteiger partial charge in [0.2, 0.25) is 0 Å². The minimum absolute atomic E-state index is 0.0695. The molecule has 0 saturated carbocycles. The van der Waals surface area contributed by atoms with Gasteiger partial charge in [-0.15, -0.1) is 0 Å². The molecular formula is C24H24N2O2. The fourth-order valence-electron chi connectivity index (χ4n) is 2.98. The van der Waals surface area contributed by atoms with Gasteiger partial charge in [0.05, 0.1) is 0 Å². The molecule has 3 rings (SSSR count). The Hall–Kier alpha value is -3.40. The number of carbonyl (C=O) groups excluding carboxylic acids is 2. The van der Waals surface area contributed by atoms with Gasteiger partial charge in [-0.2, -0.15) is 0 Å². The number of rotatable bonds is 7. The van der Waals surface area contributed by atoms with Crippen LogP contribution in [0.25, 0.3) is 0 Å². The van der Waals surface area contributed by atoms with Crippen LogP contribution in [0.5, 0.6) is 0 Å². The molecule has 0 saturated heterocycles. The van der Waals surface area contributed by atoms with Crippen molar-refractivity contribution in [1.29, 1.82) is 0 Å². The molecule has 142 valence electrons. The van der Waals surface area contributed by atoms with E-state index in [0.29, 0.717) is 24.2 Å². The van der Waals surface area contributed by atoms with E-state index in [9.17, 15) is 9.59 Å². The maximum atomic E-state index is 12.6. The van der Waals surface area contributed by atoms with Crippen LogP contribution in [-0.4, -0.2) is 30.3 Å². The molecule has 0 spiro atoms. The van der Waals surface area contributed by atoms with Crippen LogP contribution in [0.1, 0.15) is 31.8 Å². The Kier molecular flexibility index (Phi) is 6.58. The van der Waals surface area contributed by atoms with Gasteiger partial charge in [0, 0.05) is 31.3 Å². The predicted octanol–water partition coefficient (Wildman–Crippen LogP) is 3.93. The molecule has 28 heavy (non-hydrogen) atoms. The number of nitrogens with zero attached hydrogens (tertiary/aromatic N) is 1. The molecule has 4 nitrogen and oxygen atoms in total. The highest BCUT2D eigenvalue weighted by molar-refractivity contribution is 5.97. The van der Waals surface area contributed by atoms with Crippen LogP contribution in [0.3, 0.4) is 0 Å². The van der Waals surface area contributed by atoms with E-state index in [2.05, 4.69) is 5.32 Å². The molecule has 2 amide bonds. The fraction of sp³-hybridized carbons (Fsp3) is 0.167. The number of carbonyl (C=O) groups is 2. The van der Waals surface area contributed by atoms with E-state index in [-0.39, 0.29) is 11.8 Å². The molecule has 1 N–H and O–H groups in total. The number of hydrogen-bond donors (Lipinski definition) is 1. The lowest BCUT2D eigenvalue weighted by atomic mass is 10.1. The molecule has 0 bridgehead atoms. The van der Waals surface area contributed by atoms with E-state index in [4.69, 9.17) is 0 Å². The first kappa shape index (κ1) is 19.4. The second-order valence-electron chi connectivity index (χ2n) is 6.72. The second-order valence-corrected chi connectivity index (χ2v) is 6.72. The molecule has 3 aromatic rings. The molecule has 0 fully saturated rings. The highest BCUT2D eigenvalue weighted by atomic mass is 16.2. The van der Waals surface area contributed by atoms with E-state index in [1.165, 1.54) is 5.56 Å². The smallest absolute Gasteiger partial charge is 0.253 e. The van der Waals surface area contributed by atoms with Crippen molar-refractivity contribution >= 4 is 11.8 Å². The topological polar surface area (TPSA) is 49.4 Å². The maximum absolute atomic E-state index is 12.6. The summed E-state index contributed by atoms with van der Waals surface area (Å²) in [6.45, 7) is 1.12. The summed E-state index contributed by atoms with van der Waals surface area (Å²) in [6, 6.07) is 26.7. The number of nitrogens with one attached hydrogen (secondary N) is 1. The van der Waals surface area contributed by atoms with Crippen molar-refractivity contribution in [3.8, 4) is 0 Å². The van der Waals surface area contributed by atoms with Gasteiger partial charge < -0.3 is 10.2 Å². The fourth-order valence-corrected chi connectivity index (χ4v) is 2.98. The zero-order chi connectivity index (χ0) is 19.8. The summed E-state index contributed by atoms with van der Waals surface area (Å²) in [6.07, 6.45) is 0.785. The summed E-state index contributed by atoms with van der Waals surface area (Å²) in [5.74, 6) is -0.201. The Morgan fingerprint density at radius 2 is 1.29 bits per heavy atom. The molecular weight excluding hydrogens is 348 g/mol. The molecule has 0 aromatic heterocycles. The summed E-state index contributed by atoms with van der Waals surface area (Å²) in [5, 5.41) is 2.92. The quantitative estimate of drug-likeness (QED) is 0.683. The van der Waals surface area contributed by atoms with E-state index in [1.807, 2.05) is 60.7 Å². The third kappa shape index (κ3) is 5.30. The van der Waals surface area contributed by atoms with Crippen molar-refractivity contribution in [2.24, 2.45) is 0 Å². The van der Waals surface area contributed by atoms with Gasteiger partial charge in [-0.25, -0.2) is 0 Å². The molecule has 0 aliphatic heterocycles. The molecule has 0 atom stereocenters. The first-order valence-electron chi connectivity index (χ1n) is 9.35. The molecule has 0 heterocycles. The van der Waals surface area contributed by atoms with E-state index in [1.54, 1.807) is 36.2 Å². The molecule has 3 aromatic carbocycles. The highest BCUT2D eigenvalue weighted by Gasteiger charge is 2.13. The van der Waals surface area contributed by atoms with Crippen LogP contribution in [0, 0.1) is 0 Å². The number of hydrogen-bond acceptors (Lipinski definition) is 2. The third-order valence-corrected chi connectivity index (χ3v) is 4.55. The number of amides is 2. The van der Waals surface area contributed by atoms with Crippen LogP contribution in [0.4, 0.5) is 0 Å². The minimum atomic E-state index is -0.132. The summed E-state index contributed by atoms with van der Waals surface area (Å²) in [7, 11) is 1.78. The van der Waals surface area contributed by atoms with Crippen molar-refractivity contribution in [3.05, 3.63) is 107 Å². The first-order chi connectivity index (χ1) is 13.6. The average Bonchev–Trinajstić information content (AvgIpc) is 2.74. The van der Waals surface area contributed by atoms with Crippen molar-refractivity contribution in [3.63, 3.8) is 0 Å². The monoisotopic (exact) mass is 372 g/mol. The lowest BCUT2D eigenvalue weighted by Gasteiger charge is -2.17. The molecule has 0 radical (unpaired) electrons. The van der Waals surface area contributed by atoms with Gasteiger partial charge in [-0.3, -0.25) is 9.59 Å². The van der Waals surface area contributed by atoms with Crippen LogP contribution >= 0.6 is 0 Å². The van der Waals surface area contributed by atoms with Gasteiger partial charge in [0.1, 0.15) is 0 Å². The largest absolute Gasteiger partial charge is 0.352 e. The first-order valence-corrected chi connectivity index (χ1v) is 9.35. The van der Waals surface area contributed by atoms with Crippen molar-refractivity contribution in [2.75, 3.05) is 13.6 Å². The molecule has 4 heteroatoms. The van der Waals surface area contributed by atoms with Crippen LogP contribution in [0.2, 0.25) is 0 Å². The number of benzene rings is 3. The van der Waals surface area contributed by atoms with Crippen molar-refractivity contribution < 1.29 is 9.59 Å². The Morgan fingerprint density at radius 1 is 0.750 bits per heavy atom. The van der Waals surface area contributed by atoms with Gasteiger partial charge >= 0.3 is 0 Å². The summed E-state index contributed by atoms with van der Waals surface area (Å²) < 4.78 is 0. The maximum Gasteiger partial charge on any atom is 0.253 e. The lowest BCUT2D eigenvalue weighted by Crippen LogP contribution is -2.27. The lowest BCUT2D eigenvalue weighted by molar-refractivity contribution is 0.0784. The van der Waals surface area contributed by atoms with Crippen LogP contribution < -0.4 is 5.32 Å². The van der Waals surface area contributed by atoms with Gasteiger partial charge in [0.15, 0.2) is 0 Å². The van der Waals surface area contributed by atoms with E-state index >= 15 is 0 Å². The summed E-state index contributed by atoms with van der Waals surface area (Å²) in [4.78, 5) is 26.5. The zero-order valence-electron chi connectivity index (χ0n) is 16.0. The normalized spacial score (nSPS) is 10.3. The third-order valence-electron chi connectivity index (χ3n) is 4.55. The van der Waals surface area contributed by atoms with E-state index < -0.39 is 0 Å². The Labute approximate surface area is 165 Å². The molecule has 0 aliphatic rings. The van der Waals surface area contributed by atoms with E-state index in [0.717, 1.165) is 12.0 Å². The second kappa shape index (κ2) is 9.51. The SMILES string of the molecule is CN(Cc1ccccc1)C(=O)c1ccc(C(=O)NCCc2ccccc2)cc1. The molecule has 0 aliphatic carbocycles. The molecule has 0 unspecified atom stereocenters. The predicted molar refractivity (Wildman–Crippen MR) is 111 cm³/mol.